The van der Waals surface area contributed by atoms with E-state index in [4.69, 9.17) is 11.6 Å². The van der Waals surface area contributed by atoms with Gasteiger partial charge in [0.15, 0.2) is 9.84 Å². The lowest BCUT2D eigenvalue weighted by Gasteiger charge is -2.16. The topological polar surface area (TPSA) is 83.6 Å². The van der Waals surface area contributed by atoms with E-state index < -0.39 is 21.5 Å². The summed E-state index contributed by atoms with van der Waals surface area (Å²) in [5, 5.41) is 2.99. The second-order valence-corrected chi connectivity index (χ2v) is 8.39. The first-order valence-corrected chi connectivity index (χ1v) is 10.1. The number of benzene rings is 2. The summed E-state index contributed by atoms with van der Waals surface area (Å²) in [6, 6.07) is 12.5. The molecular formula is C18H17ClN2O4S. The first-order chi connectivity index (χ1) is 12.3. The fraction of sp³-hybridized carbons (Fsp3) is 0.222. The van der Waals surface area contributed by atoms with E-state index in [2.05, 4.69) is 5.32 Å². The van der Waals surface area contributed by atoms with E-state index in [0.717, 1.165) is 6.42 Å². The number of sulfone groups is 1. The Hall–Kier alpha value is -2.38. The average molecular weight is 393 g/mol. The molecule has 1 aliphatic rings. The molecule has 1 heterocycles. The third-order valence-corrected chi connectivity index (χ3v) is 5.89. The first kappa shape index (κ1) is 18.4. The second-order valence-electron chi connectivity index (χ2n) is 5.96. The molecule has 26 heavy (non-hydrogen) atoms. The molecule has 1 N–H and O–H groups in total. The highest BCUT2D eigenvalue weighted by atomic mass is 35.5. The predicted molar refractivity (Wildman–Crippen MR) is 100 cm³/mol. The molecule has 1 fully saturated rings. The van der Waals surface area contributed by atoms with Crippen LogP contribution in [0.25, 0.3) is 0 Å². The maximum absolute atomic E-state index is 12.3. The van der Waals surface area contributed by atoms with Gasteiger partial charge in [0.1, 0.15) is 5.75 Å². The van der Waals surface area contributed by atoms with Gasteiger partial charge >= 0.3 is 0 Å². The molecule has 2 aromatic rings. The lowest BCUT2D eigenvalue weighted by atomic mass is 10.2. The zero-order valence-corrected chi connectivity index (χ0v) is 15.4. The molecule has 0 radical (unpaired) electrons. The van der Waals surface area contributed by atoms with Crippen molar-refractivity contribution >= 4 is 44.6 Å². The molecule has 0 aliphatic carbocycles. The zero-order chi connectivity index (χ0) is 18.7. The largest absolute Gasteiger partial charge is 0.325 e. The summed E-state index contributed by atoms with van der Waals surface area (Å²) in [5.74, 6) is -1.29. The van der Waals surface area contributed by atoms with Crippen LogP contribution in [0.3, 0.4) is 0 Å². The number of halogens is 1. The maximum Gasteiger partial charge on any atom is 0.239 e. The van der Waals surface area contributed by atoms with E-state index in [9.17, 15) is 18.0 Å². The van der Waals surface area contributed by atoms with Crippen molar-refractivity contribution in [2.75, 3.05) is 22.5 Å². The van der Waals surface area contributed by atoms with Gasteiger partial charge in [-0.1, -0.05) is 17.7 Å². The molecule has 136 valence electrons. The van der Waals surface area contributed by atoms with Gasteiger partial charge in [-0.05, 0) is 48.9 Å². The Balaban J connectivity index is 1.70. The second kappa shape index (κ2) is 7.47. The van der Waals surface area contributed by atoms with Gasteiger partial charge in [0.2, 0.25) is 11.8 Å². The first-order valence-electron chi connectivity index (χ1n) is 8.04. The molecule has 8 heteroatoms. The Kier molecular flexibility index (Phi) is 5.29. The summed E-state index contributed by atoms with van der Waals surface area (Å²) in [6.45, 7) is 0.640. The predicted octanol–water partition coefficient (Wildman–Crippen LogP) is 2.88. The molecule has 2 aromatic carbocycles. The average Bonchev–Trinajstić information content (AvgIpc) is 3.01. The van der Waals surface area contributed by atoms with Crippen LogP contribution >= 0.6 is 11.6 Å². The minimum Gasteiger partial charge on any atom is -0.325 e. The summed E-state index contributed by atoms with van der Waals surface area (Å²) in [5.41, 5.74) is 1.13. The van der Waals surface area contributed by atoms with Crippen molar-refractivity contribution in [3.05, 3.63) is 53.6 Å². The van der Waals surface area contributed by atoms with Crippen LogP contribution in [0.4, 0.5) is 11.4 Å². The highest BCUT2D eigenvalue weighted by Gasteiger charge is 2.22. The van der Waals surface area contributed by atoms with E-state index in [1.807, 2.05) is 0 Å². The molecular weight excluding hydrogens is 376 g/mol. The number of hydrogen-bond donors (Lipinski definition) is 1. The number of carbonyl (C=O) groups is 2. The number of carbonyl (C=O) groups excluding carboxylic acids is 2. The lowest BCUT2D eigenvalue weighted by Crippen LogP contribution is -2.25. The number of anilines is 2. The van der Waals surface area contributed by atoms with Gasteiger partial charge in [0, 0.05) is 29.4 Å². The Morgan fingerprint density at radius 1 is 1.15 bits per heavy atom. The van der Waals surface area contributed by atoms with E-state index in [0.29, 0.717) is 29.4 Å². The molecule has 0 spiro atoms. The van der Waals surface area contributed by atoms with Crippen LogP contribution in [0.1, 0.15) is 12.8 Å². The van der Waals surface area contributed by atoms with Gasteiger partial charge < -0.3 is 10.2 Å². The van der Waals surface area contributed by atoms with Gasteiger partial charge in [-0.25, -0.2) is 8.42 Å². The Bertz CT molecular complexity index is 942. The van der Waals surface area contributed by atoms with Crippen molar-refractivity contribution in [3.8, 4) is 0 Å². The maximum atomic E-state index is 12.3. The van der Waals surface area contributed by atoms with Crippen LogP contribution in [-0.4, -0.2) is 32.5 Å². The number of hydrogen-bond acceptors (Lipinski definition) is 4. The van der Waals surface area contributed by atoms with Crippen LogP contribution in [0, 0.1) is 0 Å². The lowest BCUT2D eigenvalue weighted by molar-refractivity contribution is -0.117. The van der Waals surface area contributed by atoms with Gasteiger partial charge in [-0.15, -0.1) is 0 Å². The van der Waals surface area contributed by atoms with Crippen molar-refractivity contribution in [3.63, 3.8) is 0 Å². The van der Waals surface area contributed by atoms with Crippen LogP contribution in [0.5, 0.6) is 0 Å². The number of rotatable bonds is 5. The number of nitrogens with one attached hydrogen (secondary N) is 1. The van der Waals surface area contributed by atoms with E-state index in [1.54, 1.807) is 29.2 Å². The zero-order valence-electron chi connectivity index (χ0n) is 13.8. The molecule has 6 nitrogen and oxygen atoms in total. The summed E-state index contributed by atoms with van der Waals surface area (Å²) in [7, 11) is -3.77. The fourth-order valence-corrected chi connectivity index (χ4v) is 4.03. The van der Waals surface area contributed by atoms with Crippen molar-refractivity contribution < 1.29 is 18.0 Å². The van der Waals surface area contributed by atoms with Gasteiger partial charge in [-0.3, -0.25) is 9.59 Å². The summed E-state index contributed by atoms with van der Waals surface area (Å²) < 4.78 is 24.6. The standard InChI is InChI=1S/C18H17ClN2O4S/c19-13-6-8-16(9-7-13)26(24,25)12-17(22)20-14-3-1-4-15(11-14)21-10-2-5-18(21)23/h1,3-4,6-9,11H,2,5,10,12H2,(H,20,22). The minimum absolute atomic E-state index is 0.0356. The molecule has 1 aliphatic heterocycles. The van der Waals surface area contributed by atoms with Gasteiger partial charge in [-0.2, -0.15) is 0 Å². The Morgan fingerprint density at radius 3 is 2.54 bits per heavy atom. The van der Waals surface area contributed by atoms with Gasteiger partial charge in [0.25, 0.3) is 0 Å². The smallest absolute Gasteiger partial charge is 0.239 e. The third-order valence-electron chi connectivity index (χ3n) is 4.01. The molecule has 0 aromatic heterocycles. The number of amides is 2. The Labute approximate surface area is 156 Å². The minimum atomic E-state index is -3.77. The molecule has 2 amide bonds. The summed E-state index contributed by atoms with van der Waals surface area (Å²) in [6.07, 6.45) is 1.31. The molecule has 0 atom stereocenters. The van der Waals surface area contributed by atoms with E-state index in [-0.39, 0.29) is 10.8 Å². The van der Waals surface area contributed by atoms with Crippen molar-refractivity contribution in [2.24, 2.45) is 0 Å². The fourth-order valence-electron chi connectivity index (χ4n) is 2.77. The Morgan fingerprint density at radius 2 is 1.88 bits per heavy atom. The highest BCUT2D eigenvalue weighted by Crippen LogP contribution is 2.24. The monoisotopic (exact) mass is 392 g/mol. The van der Waals surface area contributed by atoms with Crippen LogP contribution < -0.4 is 10.2 Å². The van der Waals surface area contributed by atoms with Crippen molar-refractivity contribution in [2.45, 2.75) is 17.7 Å². The third kappa shape index (κ3) is 4.23. The number of nitrogens with zero attached hydrogens (tertiary/aromatic N) is 1. The summed E-state index contributed by atoms with van der Waals surface area (Å²) >= 11 is 5.75. The van der Waals surface area contributed by atoms with Crippen LogP contribution in [-0.2, 0) is 19.4 Å². The SMILES string of the molecule is O=C(CS(=O)(=O)c1ccc(Cl)cc1)Nc1cccc(N2CCCC2=O)c1. The molecule has 3 rings (SSSR count). The quantitative estimate of drug-likeness (QED) is 0.848. The molecule has 1 saturated heterocycles. The van der Waals surface area contributed by atoms with Crippen LogP contribution in [0.2, 0.25) is 5.02 Å². The normalized spacial score (nSPS) is 14.5. The van der Waals surface area contributed by atoms with Gasteiger partial charge in [0.05, 0.1) is 4.90 Å². The highest BCUT2D eigenvalue weighted by molar-refractivity contribution is 7.92. The van der Waals surface area contributed by atoms with E-state index >= 15 is 0 Å². The molecule has 0 bridgehead atoms. The summed E-state index contributed by atoms with van der Waals surface area (Å²) in [4.78, 5) is 25.7. The van der Waals surface area contributed by atoms with Crippen molar-refractivity contribution in [1.82, 2.24) is 0 Å². The molecule has 0 unspecified atom stereocenters. The molecule has 0 saturated carbocycles. The van der Waals surface area contributed by atoms with E-state index in [1.165, 1.54) is 24.3 Å². The van der Waals surface area contributed by atoms with Crippen LogP contribution in [0.15, 0.2) is 53.4 Å². The van der Waals surface area contributed by atoms with Crippen molar-refractivity contribution in [1.29, 1.82) is 0 Å².